The van der Waals surface area contributed by atoms with E-state index in [0.717, 1.165) is 0 Å². The van der Waals surface area contributed by atoms with Gasteiger partial charge in [0.15, 0.2) is 0 Å². The van der Waals surface area contributed by atoms with Crippen LogP contribution in [0.1, 0.15) is 20.7 Å². The standard InChI is InChI=1S/C16H16ClN3O3/c1-23-14-9-12(17)4-5-13(14)16(22)20-8-7-19-15(21)11-3-2-6-18-10-11/h2-6,9-10H,7-8H2,1H3,(H,19,21)(H,20,22). The van der Waals surface area contributed by atoms with Crippen molar-refractivity contribution in [3.63, 3.8) is 0 Å². The Labute approximate surface area is 138 Å². The van der Waals surface area contributed by atoms with E-state index in [0.29, 0.717) is 28.4 Å². The molecule has 2 N–H and O–H groups in total. The SMILES string of the molecule is COc1cc(Cl)ccc1C(=O)NCCNC(=O)c1cccnc1. The second-order valence-electron chi connectivity index (χ2n) is 4.60. The van der Waals surface area contributed by atoms with Crippen molar-refractivity contribution in [1.29, 1.82) is 0 Å². The number of methoxy groups -OCH3 is 1. The lowest BCUT2D eigenvalue weighted by Gasteiger charge is -2.10. The van der Waals surface area contributed by atoms with E-state index in [1.54, 1.807) is 36.5 Å². The van der Waals surface area contributed by atoms with Crippen LogP contribution in [0.25, 0.3) is 0 Å². The molecule has 0 bridgehead atoms. The molecular formula is C16H16ClN3O3. The van der Waals surface area contributed by atoms with Crippen LogP contribution in [0.5, 0.6) is 5.75 Å². The third kappa shape index (κ3) is 4.69. The maximum Gasteiger partial charge on any atom is 0.255 e. The minimum Gasteiger partial charge on any atom is -0.496 e. The average molecular weight is 334 g/mol. The molecule has 0 fully saturated rings. The van der Waals surface area contributed by atoms with Crippen LogP contribution >= 0.6 is 11.6 Å². The number of carbonyl (C=O) groups is 2. The van der Waals surface area contributed by atoms with E-state index in [1.165, 1.54) is 13.3 Å². The van der Waals surface area contributed by atoms with Crippen molar-refractivity contribution >= 4 is 23.4 Å². The first-order chi connectivity index (χ1) is 11.1. The van der Waals surface area contributed by atoms with Crippen LogP contribution in [-0.4, -0.2) is 37.0 Å². The van der Waals surface area contributed by atoms with E-state index >= 15 is 0 Å². The van der Waals surface area contributed by atoms with Crippen LogP contribution in [0.4, 0.5) is 0 Å². The Morgan fingerprint density at radius 3 is 2.57 bits per heavy atom. The molecule has 6 nitrogen and oxygen atoms in total. The fourth-order valence-corrected chi connectivity index (χ4v) is 2.06. The Morgan fingerprint density at radius 2 is 1.91 bits per heavy atom. The summed E-state index contributed by atoms with van der Waals surface area (Å²) >= 11 is 5.86. The molecular weight excluding hydrogens is 318 g/mol. The molecule has 0 aliphatic heterocycles. The van der Waals surface area contributed by atoms with Crippen LogP contribution in [0.3, 0.4) is 0 Å². The fraction of sp³-hybridized carbons (Fsp3) is 0.188. The second-order valence-corrected chi connectivity index (χ2v) is 5.03. The van der Waals surface area contributed by atoms with Crippen LogP contribution < -0.4 is 15.4 Å². The minimum atomic E-state index is -0.297. The predicted octanol–water partition coefficient (Wildman–Crippen LogP) is 1.90. The molecule has 0 unspecified atom stereocenters. The molecule has 23 heavy (non-hydrogen) atoms. The summed E-state index contributed by atoms with van der Waals surface area (Å²) in [5.74, 6) is -0.139. The number of amides is 2. The van der Waals surface area contributed by atoms with Gasteiger partial charge in [0, 0.05) is 30.5 Å². The minimum absolute atomic E-state index is 0.239. The van der Waals surface area contributed by atoms with Crippen LogP contribution in [0.15, 0.2) is 42.7 Å². The van der Waals surface area contributed by atoms with E-state index < -0.39 is 0 Å². The monoisotopic (exact) mass is 333 g/mol. The zero-order valence-corrected chi connectivity index (χ0v) is 13.3. The zero-order valence-electron chi connectivity index (χ0n) is 12.5. The first kappa shape index (κ1) is 16.8. The summed E-state index contributed by atoms with van der Waals surface area (Å²) in [5.41, 5.74) is 0.855. The molecule has 2 aromatic rings. The lowest BCUT2D eigenvalue weighted by Crippen LogP contribution is -2.34. The van der Waals surface area contributed by atoms with Gasteiger partial charge in [-0.3, -0.25) is 14.6 Å². The number of hydrogen-bond acceptors (Lipinski definition) is 4. The number of benzene rings is 1. The smallest absolute Gasteiger partial charge is 0.255 e. The van der Waals surface area contributed by atoms with Gasteiger partial charge in [-0.1, -0.05) is 11.6 Å². The second kappa shape index (κ2) is 8.14. The summed E-state index contributed by atoms with van der Waals surface area (Å²) < 4.78 is 5.13. The van der Waals surface area contributed by atoms with Crippen LogP contribution in [0.2, 0.25) is 5.02 Å². The topological polar surface area (TPSA) is 80.3 Å². The van der Waals surface area contributed by atoms with Crippen molar-refractivity contribution in [1.82, 2.24) is 15.6 Å². The van der Waals surface area contributed by atoms with Crippen molar-refractivity contribution in [2.24, 2.45) is 0 Å². The molecule has 0 aliphatic rings. The summed E-state index contributed by atoms with van der Waals surface area (Å²) in [7, 11) is 1.47. The van der Waals surface area contributed by atoms with E-state index in [2.05, 4.69) is 15.6 Å². The average Bonchev–Trinajstić information content (AvgIpc) is 2.58. The number of ether oxygens (including phenoxy) is 1. The number of hydrogen-bond donors (Lipinski definition) is 2. The van der Waals surface area contributed by atoms with Gasteiger partial charge >= 0.3 is 0 Å². The van der Waals surface area contributed by atoms with Crippen molar-refractivity contribution in [3.8, 4) is 5.75 Å². The van der Waals surface area contributed by atoms with Crippen molar-refractivity contribution in [3.05, 3.63) is 58.9 Å². The summed E-state index contributed by atoms with van der Waals surface area (Å²) in [6.45, 7) is 0.589. The largest absolute Gasteiger partial charge is 0.496 e. The highest BCUT2D eigenvalue weighted by molar-refractivity contribution is 6.30. The Hall–Kier alpha value is -2.60. The van der Waals surface area contributed by atoms with Crippen LogP contribution in [-0.2, 0) is 0 Å². The molecule has 0 spiro atoms. The number of rotatable bonds is 6. The van der Waals surface area contributed by atoms with Crippen LogP contribution in [0, 0.1) is 0 Å². The first-order valence-corrected chi connectivity index (χ1v) is 7.29. The molecule has 2 rings (SSSR count). The summed E-state index contributed by atoms with van der Waals surface area (Å²) in [6, 6.07) is 8.12. The Balaban J connectivity index is 1.82. The lowest BCUT2D eigenvalue weighted by molar-refractivity contribution is 0.0926. The maximum atomic E-state index is 12.1. The van der Waals surface area contributed by atoms with Gasteiger partial charge in [-0.25, -0.2) is 0 Å². The normalized spacial score (nSPS) is 10.0. The first-order valence-electron chi connectivity index (χ1n) is 6.92. The molecule has 0 saturated heterocycles. The van der Waals surface area contributed by atoms with Crippen molar-refractivity contribution in [2.45, 2.75) is 0 Å². The molecule has 120 valence electrons. The number of halogens is 1. The van der Waals surface area contributed by atoms with Gasteiger partial charge in [-0.2, -0.15) is 0 Å². The molecule has 1 heterocycles. The maximum absolute atomic E-state index is 12.1. The van der Waals surface area contributed by atoms with Gasteiger partial charge in [0.05, 0.1) is 18.2 Å². The summed E-state index contributed by atoms with van der Waals surface area (Å²) in [5, 5.41) is 5.89. The van der Waals surface area contributed by atoms with E-state index in [4.69, 9.17) is 16.3 Å². The van der Waals surface area contributed by atoms with Crippen molar-refractivity contribution in [2.75, 3.05) is 20.2 Å². The molecule has 0 radical (unpaired) electrons. The van der Waals surface area contributed by atoms with Gasteiger partial charge in [0.2, 0.25) is 0 Å². The van der Waals surface area contributed by atoms with Gasteiger partial charge < -0.3 is 15.4 Å². The predicted molar refractivity (Wildman–Crippen MR) is 86.9 cm³/mol. The number of nitrogens with zero attached hydrogens (tertiary/aromatic N) is 1. The quantitative estimate of drug-likeness (QED) is 0.791. The fourth-order valence-electron chi connectivity index (χ4n) is 1.90. The molecule has 7 heteroatoms. The molecule has 0 atom stereocenters. The summed E-state index contributed by atoms with van der Waals surface area (Å²) in [6.07, 6.45) is 3.07. The van der Waals surface area contributed by atoms with E-state index in [9.17, 15) is 9.59 Å². The Morgan fingerprint density at radius 1 is 1.17 bits per heavy atom. The Bertz CT molecular complexity index is 692. The Kier molecular flexibility index (Phi) is 5.94. The number of carbonyl (C=O) groups excluding carboxylic acids is 2. The highest BCUT2D eigenvalue weighted by atomic mass is 35.5. The zero-order chi connectivity index (χ0) is 16.7. The van der Waals surface area contributed by atoms with Crippen molar-refractivity contribution < 1.29 is 14.3 Å². The highest BCUT2D eigenvalue weighted by Crippen LogP contribution is 2.22. The third-order valence-corrected chi connectivity index (χ3v) is 3.26. The molecule has 1 aromatic carbocycles. The summed E-state index contributed by atoms with van der Waals surface area (Å²) in [4.78, 5) is 27.8. The van der Waals surface area contributed by atoms with Gasteiger partial charge in [-0.05, 0) is 30.3 Å². The number of pyridine rings is 1. The molecule has 0 aliphatic carbocycles. The van der Waals surface area contributed by atoms with E-state index in [-0.39, 0.29) is 18.4 Å². The van der Waals surface area contributed by atoms with Gasteiger partial charge in [-0.15, -0.1) is 0 Å². The highest BCUT2D eigenvalue weighted by Gasteiger charge is 2.12. The van der Waals surface area contributed by atoms with E-state index in [1.807, 2.05) is 0 Å². The molecule has 2 amide bonds. The lowest BCUT2D eigenvalue weighted by atomic mass is 10.2. The van der Waals surface area contributed by atoms with Gasteiger partial charge in [0.25, 0.3) is 11.8 Å². The molecule has 0 saturated carbocycles. The molecule has 1 aromatic heterocycles. The van der Waals surface area contributed by atoms with Gasteiger partial charge in [0.1, 0.15) is 5.75 Å². The third-order valence-electron chi connectivity index (χ3n) is 3.03. The number of aromatic nitrogens is 1. The number of nitrogens with one attached hydrogen (secondary N) is 2.